The summed E-state index contributed by atoms with van der Waals surface area (Å²) in [6, 6.07) is 3.74. The number of rotatable bonds is 2. The molecule has 2 saturated heterocycles. The van der Waals surface area contributed by atoms with Crippen LogP contribution in [0.2, 0.25) is 0 Å². The summed E-state index contributed by atoms with van der Waals surface area (Å²) in [6.45, 7) is 14.9. The average Bonchev–Trinajstić information content (AvgIpc) is 2.86. The highest BCUT2D eigenvalue weighted by Gasteiger charge is 2.54. The highest BCUT2D eigenvalue weighted by Crippen LogP contribution is 2.38. The van der Waals surface area contributed by atoms with Gasteiger partial charge in [0, 0.05) is 0 Å². The first kappa shape index (κ1) is 21.7. The lowest BCUT2D eigenvalue weighted by atomic mass is 9.71. The summed E-state index contributed by atoms with van der Waals surface area (Å²) in [5, 5.41) is 0. The normalized spacial score (nSPS) is 25.4. The highest BCUT2D eigenvalue weighted by atomic mass is 19.4. The fraction of sp³-hybridized carbons (Fsp3) is 0.684. The molecule has 0 radical (unpaired) electrons. The second-order valence-electron chi connectivity index (χ2n) is 9.56. The van der Waals surface area contributed by atoms with Crippen molar-refractivity contribution in [1.82, 2.24) is 0 Å². The van der Waals surface area contributed by atoms with Crippen molar-refractivity contribution in [1.29, 1.82) is 0 Å². The van der Waals surface area contributed by atoms with Gasteiger partial charge >= 0.3 is 20.4 Å². The van der Waals surface area contributed by atoms with Crippen LogP contribution in [0.3, 0.4) is 0 Å². The number of alkyl halides is 3. The molecule has 0 aromatic heterocycles. The minimum absolute atomic E-state index is 0.290. The van der Waals surface area contributed by atoms with E-state index in [1.165, 1.54) is 0 Å². The SMILES string of the molecule is CC1(C)OB(c2cc(B3OC(C)(C)C(C)(C)O3)cc(C(F)(F)F)c2)OC1(C)C. The van der Waals surface area contributed by atoms with Gasteiger partial charge in [-0.2, -0.15) is 13.2 Å². The van der Waals surface area contributed by atoms with Gasteiger partial charge in [-0.1, -0.05) is 18.2 Å². The Morgan fingerprint density at radius 2 is 0.893 bits per heavy atom. The predicted molar refractivity (Wildman–Crippen MR) is 103 cm³/mol. The first-order valence-electron chi connectivity index (χ1n) is 9.39. The van der Waals surface area contributed by atoms with Crippen molar-refractivity contribution in [3.63, 3.8) is 0 Å². The van der Waals surface area contributed by atoms with Crippen LogP contribution in [0.25, 0.3) is 0 Å². The zero-order valence-corrected chi connectivity index (χ0v) is 17.7. The first-order valence-corrected chi connectivity index (χ1v) is 9.39. The lowest BCUT2D eigenvalue weighted by molar-refractivity contribution is -0.137. The summed E-state index contributed by atoms with van der Waals surface area (Å²) in [5.41, 5.74) is -2.83. The Balaban J connectivity index is 2.03. The van der Waals surface area contributed by atoms with Crippen molar-refractivity contribution < 1.29 is 31.8 Å². The predicted octanol–water partition coefficient (Wildman–Crippen LogP) is 3.30. The lowest BCUT2D eigenvalue weighted by Crippen LogP contribution is -2.42. The molecule has 0 saturated carbocycles. The van der Waals surface area contributed by atoms with Crippen LogP contribution in [-0.4, -0.2) is 36.6 Å². The Morgan fingerprint density at radius 3 is 1.14 bits per heavy atom. The van der Waals surface area contributed by atoms with E-state index in [-0.39, 0.29) is 10.9 Å². The Morgan fingerprint density at radius 1 is 0.607 bits per heavy atom. The summed E-state index contributed by atoms with van der Waals surface area (Å²) in [7, 11) is -1.82. The van der Waals surface area contributed by atoms with E-state index >= 15 is 0 Å². The quantitative estimate of drug-likeness (QED) is 0.717. The van der Waals surface area contributed by atoms with Crippen molar-refractivity contribution in [2.45, 2.75) is 84.0 Å². The van der Waals surface area contributed by atoms with Crippen LogP contribution in [-0.2, 0) is 24.8 Å². The fourth-order valence-electron chi connectivity index (χ4n) is 3.07. The Kier molecular flexibility index (Phi) is 4.83. The topological polar surface area (TPSA) is 36.9 Å². The maximum Gasteiger partial charge on any atom is 0.494 e. The number of benzene rings is 1. The van der Waals surface area contributed by atoms with Crippen LogP contribution in [0.15, 0.2) is 18.2 Å². The molecule has 0 bridgehead atoms. The van der Waals surface area contributed by atoms with Crippen LogP contribution in [0.1, 0.15) is 61.0 Å². The third-order valence-electron chi connectivity index (χ3n) is 6.36. The molecule has 1 aromatic rings. The molecule has 154 valence electrons. The van der Waals surface area contributed by atoms with E-state index in [0.717, 1.165) is 12.1 Å². The fourth-order valence-corrected chi connectivity index (χ4v) is 3.07. The minimum Gasteiger partial charge on any atom is -0.399 e. The molecule has 0 aliphatic carbocycles. The maximum atomic E-state index is 13.6. The molecule has 4 nitrogen and oxygen atoms in total. The molecule has 9 heteroatoms. The number of halogens is 3. The monoisotopic (exact) mass is 398 g/mol. The molecule has 0 spiro atoms. The van der Waals surface area contributed by atoms with Gasteiger partial charge in [0.1, 0.15) is 0 Å². The van der Waals surface area contributed by atoms with Crippen LogP contribution in [0.5, 0.6) is 0 Å². The van der Waals surface area contributed by atoms with Gasteiger partial charge in [-0.25, -0.2) is 0 Å². The van der Waals surface area contributed by atoms with Crippen LogP contribution < -0.4 is 10.9 Å². The second kappa shape index (κ2) is 6.24. The van der Waals surface area contributed by atoms with E-state index in [0.29, 0.717) is 0 Å². The second-order valence-corrected chi connectivity index (χ2v) is 9.56. The molecule has 2 aliphatic rings. The smallest absolute Gasteiger partial charge is 0.399 e. The van der Waals surface area contributed by atoms with Crippen molar-refractivity contribution in [3.8, 4) is 0 Å². The largest absolute Gasteiger partial charge is 0.494 e. The minimum atomic E-state index is -4.52. The van der Waals surface area contributed by atoms with E-state index in [9.17, 15) is 13.2 Å². The molecule has 0 unspecified atom stereocenters. The highest BCUT2D eigenvalue weighted by molar-refractivity contribution is 6.66. The van der Waals surface area contributed by atoms with Crippen molar-refractivity contribution in [2.75, 3.05) is 0 Å². The van der Waals surface area contributed by atoms with E-state index in [1.807, 2.05) is 55.4 Å². The summed E-state index contributed by atoms with van der Waals surface area (Å²) < 4.78 is 64.5. The molecule has 0 amide bonds. The Hall–Kier alpha value is -1.02. The third kappa shape index (κ3) is 3.62. The zero-order valence-electron chi connectivity index (χ0n) is 17.7. The van der Waals surface area contributed by atoms with Gasteiger partial charge in [0.15, 0.2) is 0 Å². The lowest BCUT2D eigenvalue weighted by Gasteiger charge is -2.32. The number of hydrogen-bond donors (Lipinski definition) is 0. The van der Waals surface area contributed by atoms with Crippen molar-refractivity contribution in [2.24, 2.45) is 0 Å². The van der Waals surface area contributed by atoms with Crippen LogP contribution >= 0.6 is 0 Å². The molecular weight excluding hydrogens is 371 g/mol. The van der Waals surface area contributed by atoms with Gasteiger partial charge in [-0.15, -0.1) is 0 Å². The molecular formula is C19H27B2F3O4. The van der Waals surface area contributed by atoms with Gasteiger partial charge in [0.2, 0.25) is 0 Å². The third-order valence-corrected chi connectivity index (χ3v) is 6.36. The van der Waals surface area contributed by atoms with E-state index in [4.69, 9.17) is 18.6 Å². The average molecular weight is 398 g/mol. The Bertz CT molecular complexity index is 689. The molecule has 2 fully saturated rings. The molecule has 1 aromatic carbocycles. The van der Waals surface area contributed by atoms with Gasteiger partial charge in [0.05, 0.1) is 28.0 Å². The molecule has 2 aliphatic heterocycles. The molecule has 0 N–H and O–H groups in total. The van der Waals surface area contributed by atoms with Gasteiger partial charge in [0.25, 0.3) is 0 Å². The van der Waals surface area contributed by atoms with E-state index in [1.54, 1.807) is 6.07 Å². The summed E-state index contributed by atoms with van der Waals surface area (Å²) in [5.74, 6) is 0. The van der Waals surface area contributed by atoms with Crippen molar-refractivity contribution >= 4 is 25.2 Å². The number of hydrogen-bond acceptors (Lipinski definition) is 4. The Labute approximate surface area is 165 Å². The molecule has 2 heterocycles. The summed E-state index contributed by atoms with van der Waals surface area (Å²) >= 11 is 0. The molecule has 28 heavy (non-hydrogen) atoms. The molecule has 3 rings (SSSR count). The van der Waals surface area contributed by atoms with E-state index < -0.39 is 48.4 Å². The van der Waals surface area contributed by atoms with Gasteiger partial charge in [-0.3, -0.25) is 0 Å². The zero-order chi connectivity index (χ0) is 21.3. The standard InChI is InChI=1S/C19H27B2F3O4/c1-15(2)16(3,4)26-20(25-15)13-9-12(19(22,23)24)10-14(11-13)21-27-17(5,6)18(7,8)28-21/h9-11H,1-8H3. The first-order chi connectivity index (χ1) is 12.5. The van der Waals surface area contributed by atoms with Crippen LogP contribution in [0, 0.1) is 0 Å². The van der Waals surface area contributed by atoms with Crippen molar-refractivity contribution in [3.05, 3.63) is 23.8 Å². The van der Waals surface area contributed by atoms with E-state index in [2.05, 4.69) is 0 Å². The van der Waals surface area contributed by atoms with Crippen LogP contribution in [0.4, 0.5) is 13.2 Å². The molecule has 0 atom stereocenters. The van der Waals surface area contributed by atoms with Gasteiger partial charge in [-0.05, 0) is 66.3 Å². The summed E-state index contributed by atoms with van der Waals surface area (Å²) in [4.78, 5) is 0. The summed E-state index contributed by atoms with van der Waals surface area (Å²) in [6.07, 6.45) is -4.52. The van der Waals surface area contributed by atoms with Gasteiger partial charge < -0.3 is 18.6 Å². The maximum absolute atomic E-state index is 13.6.